The van der Waals surface area contributed by atoms with E-state index in [0.29, 0.717) is 6.54 Å². The van der Waals surface area contributed by atoms with E-state index in [4.69, 9.17) is 0 Å². The third-order valence-corrected chi connectivity index (χ3v) is 3.31. The number of carbonyl (C=O) groups is 2. The van der Waals surface area contributed by atoms with Crippen LogP contribution in [0.15, 0.2) is 30.3 Å². The summed E-state index contributed by atoms with van der Waals surface area (Å²) < 4.78 is 4.49. The maximum absolute atomic E-state index is 11.8. The second kappa shape index (κ2) is 5.67. The summed E-state index contributed by atoms with van der Waals surface area (Å²) in [4.78, 5) is 24.7. The van der Waals surface area contributed by atoms with Crippen LogP contribution in [-0.4, -0.2) is 36.5 Å². The van der Waals surface area contributed by atoms with Crippen molar-refractivity contribution in [2.45, 2.75) is 25.3 Å². The Kier molecular flexibility index (Phi) is 3.97. The van der Waals surface area contributed by atoms with Gasteiger partial charge < -0.3 is 9.64 Å². The van der Waals surface area contributed by atoms with Crippen molar-refractivity contribution < 1.29 is 14.3 Å². The number of hydrogen-bond donors (Lipinski definition) is 0. The van der Waals surface area contributed by atoms with Gasteiger partial charge in [0, 0.05) is 12.6 Å². The van der Waals surface area contributed by atoms with Crippen LogP contribution < -0.4 is 0 Å². The van der Waals surface area contributed by atoms with E-state index < -0.39 is 11.9 Å². The van der Waals surface area contributed by atoms with Gasteiger partial charge >= 0.3 is 11.9 Å². The van der Waals surface area contributed by atoms with Gasteiger partial charge in [-0.2, -0.15) is 0 Å². The number of benzene rings is 1. The summed E-state index contributed by atoms with van der Waals surface area (Å²) in [5.74, 6) is -1.29. The standard InChI is InChI=1S/C14H17NO3/c1-18-14(17)13(16)15-9-5-8-12(15)10-11-6-3-2-4-7-11/h2-4,6-7,12H,5,8-10H2,1H3/t12-/m1/s1. The van der Waals surface area contributed by atoms with Crippen LogP contribution in [0.3, 0.4) is 0 Å². The van der Waals surface area contributed by atoms with Crippen molar-refractivity contribution in [2.75, 3.05) is 13.7 Å². The second-order valence-corrected chi connectivity index (χ2v) is 4.48. The number of amides is 1. The quantitative estimate of drug-likeness (QED) is 0.586. The maximum Gasteiger partial charge on any atom is 0.396 e. The van der Waals surface area contributed by atoms with Crippen LogP contribution in [0.1, 0.15) is 18.4 Å². The lowest BCUT2D eigenvalue weighted by atomic mass is 10.0. The normalized spacial score (nSPS) is 18.7. The van der Waals surface area contributed by atoms with Gasteiger partial charge in [0.1, 0.15) is 0 Å². The molecule has 0 radical (unpaired) electrons. The van der Waals surface area contributed by atoms with Gasteiger partial charge in [-0.1, -0.05) is 30.3 Å². The number of esters is 1. The second-order valence-electron chi connectivity index (χ2n) is 4.48. The largest absolute Gasteiger partial charge is 0.462 e. The van der Waals surface area contributed by atoms with Crippen molar-refractivity contribution in [1.82, 2.24) is 4.90 Å². The van der Waals surface area contributed by atoms with E-state index in [-0.39, 0.29) is 6.04 Å². The fraction of sp³-hybridized carbons (Fsp3) is 0.429. The summed E-state index contributed by atoms with van der Waals surface area (Å²) in [5.41, 5.74) is 1.19. The van der Waals surface area contributed by atoms with E-state index in [1.54, 1.807) is 4.90 Å². The molecule has 0 aliphatic carbocycles. The molecule has 0 bridgehead atoms. The van der Waals surface area contributed by atoms with Crippen LogP contribution in [0.4, 0.5) is 0 Å². The lowest BCUT2D eigenvalue weighted by molar-refractivity contribution is -0.158. The van der Waals surface area contributed by atoms with Crippen molar-refractivity contribution in [3.05, 3.63) is 35.9 Å². The Labute approximate surface area is 107 Å². The molecule has 1 heterocycles. The zero-order chi connectivity index (χ0) is 13.0. The number of likely N-dealkylation sites (tertiary alicyclic amines) is 1. The molecule has 0 unspecified atom stereocenters. The van der Waals surface area contributed by atoms with Crippen molar-refractivity contribution in [3.63, 3.8) is 0 Å². The van der Waals surface area contributed by atoms with Gasteiger partial charge in [-0.25, -0.2) is 4.79 Å². The highest BCUT2D eigenvalue weighted by Gasteiger charge is 2.32. The van der Waals surface area contributed by atoms with E-state index in [9.17, 15) is 9.59 Å². The number of methoxy groups -OCH3 is 1. The Bertz CT molecular complexity index is 430. The van der Waals surface area contributed by atoms with Gasteiger partial charge in [-0.15, -0.1) is 0 Å². The summed E-state index contributed by atoms with van der Waals surface area (Å²) in [5, 5.41) is 0. The third kappa shape index (κ3) is 2.70. The summed E-state index contributed by atoms with van der Waals surface area (Å²) in [6.45, 7) is 0.644. The molecule has 0 aromatic heterocycles. The van der Waals surface area contributed by atoms with Gasteiger partial charge in [-0.3, -0.25) is 4.79 Å². The van der Waals surface area contributed by atoms with E-state index in [0.717, 1.165) is 19.3 Å². The zero-order valence-corrected chi connectivity index (χ0v) is 10.5. The van der Waals surface area contributed by atoms with Crippen LogP contribution in [0.2, 0.25) is 0 Å². The van der Waals surface area contributed by atoms with Crippen LogP contribution in [-0.2, 0) is 20.7 Å². The van der Waals surface area contributed by atoms with Crippen molar-refractivity contribution in [1.29, 1.82) is 0 Å². The van der Waals surface area contributed by atoms with E-state index >= 15 is 0 Å². The molecule has 2 rings (SSSR count). The van der Waals surface area contributed by atoms with E-state index in [1.165, 1.54) is 12.7 Å². The average Bonchev–Trinajstić information content (AvgIpc) is 2.86. The zero-order valence-electron chi connectivity index (χ0n) is 10.5. The molecule has 1 atom stereocenters. The minimum atomic E-state index is -0.769. The summed E-state index contributed by atoms with van der Waals surface area (Å²) in [6, 6.07) is 10.1. The molecule has 1 aliphatic rings. The molecule has 1 amide bonds. The smallest absolute Gasteiger partial charge is 0.396 e. The van der Waals surface area contributed by atoms with Crippen molar-refractivity contribution in [2.24, 2.45) is 0 Å². The van der Waals surface area contributed by atoms with Crippen LogP contribution in [0.25, 0.3) is 0 Å². The van der Waals surface area contributed by atoms with Gasteiger partial charge in [0.05, 0.1) is 7.11 Å². The molecule has 0 saturated carbocycles. The Morgan fingerprint density at radius 2 is 2.06 bits per heavy atom. The summed E-state index contributed by atoms with van der Waals surface area (Å²) in [6.07, 6.45) is 2.68. The number of ether oxygens (including phenoxy) is 1. The topological polar surface area (TPSA) is 46.6 Å². The van der Waals surface area contributed by atoms with Crippen molar-refractivity contribution >= 4 is 11.9 Å². The number of rotatable bonds is 2. The molecule has 1 fully saturated rings. The highest BCUT2D eigenvalue weighted by Crippen LogP contribution is 2.21. The highest BCUT2D eigenvalue weighted by atomic mass is 16.5. The molecule has 4 nitrogen and oxygen atoms in total. The van der Waals surface area contributed by atoms with Gasteiger partial charge in [0.15, 0.2) is 0 Å². The Balaban J connectivity index is 2.04. The SMILES string of the molecule is COC(=O)C(=O)N1CCC[C@@H]1Cc1ccccc1. The minimum Gasteiger partial charge on any atom is -0.462 e. The monoisotopic (exact) mass is 247 g/mol. The number of hydrogen-bond acceptors (Lipinski definition) is 3. The molecule has 1 aromatic rings. The Morgan fingerprint density at radius 3 is 2.72 bits per heavy atom. The minimum absolute atomic E-state index is 0.110. The third-order valence-electron chi connectivity index (χ3n) is 3.31. The first kappa shape index (κ1) is 12.6. The molecule has 1 saturated heterocycles. The summed E-state index contributed by atoms with van der Waals surface area (Å²) >= 11 is 0. The molecule has 0 spiro atoms. The van der Waals surface area contributed by atoms with Crippen LogP contribution in [0.5, 0.6) is 0 Å². The number of nitrogens with zero attached hydrogens (tertiary/aromatic N) is 1. The first-order valence-electron chi connectivity index (χ1n) is 6.15. The van der Waals surface area contributed by atoms with Gasteiger partial charge in [0.2, 0.25) is 0 Å². The molecule has 96 valence electrons. The molecule has 0 N–H and O–H groups in total. The average molecular weight is 247 g/mol. The first-order chi connectivity index (χ1) is 8.72. The van der Waals surface area contributed by atoms with E-state index in [2.05, 4.69) is 4.74 Å². The maximum atomic E-state index is 11.8. The molecule has 4 heteroatoms. The Hall–Kier alpha value is -1.84. The summed E-state index contributed by atoms with van der Waals surface area (Å²) in [7, 11) is 1.24. The lowest BCUT2D eigenvalue weighted by Crippen LogP contribution is -2.41. The van der Waals surface area contributed by atoms with Crippen molar-refractivity contribution in [3.8, 4) is 0 Å². The lowest BCUT2D eigenvalue weighted by Gasteiger charge is -2.23. The molecule has 1 aromatic carbocycles. The molecule has 1 aliphatic heterocycles. The van der Waals surface area contributed by atoms with E-state index in [1.807, 2.05) is 30.3 Å². The highest BCUT2D eigenvalue weighted by molar-refractivity contribution is 6.32. The van der Waals surface area contributed by atoms with Crippen LogP contribution in [0, 0.1) is 0 Å². The molecular weight excluding hydrogens is 230 g/mol. The van der Waals surface area contributed by atoms with Gasteiger partial charge in [-0.05, 0) is 24.8 Å². The first-order valence-corrected chi connectivity index (χ1v) is 6.15. The molecular formula is C14H17NO3. The predicted octanol–water partition coefficient (Wildman–Crippen LogP) is 1.39. The number of carbonyl (C=O) groups excluding carboxylic acids is 2. The molecule has 18 heavy (non-hydrogen) atoms. The fourth-order valence-corrected chi connectivity index (χ4v) is 2.41. The van der Waals surface area contributed by atoms with Crippen LogP contribution >= 0.6 is 0 Å². The van der Waals surface area contributed by atoms with Gasteiger partial charge in [0.25, 0.3) is 0 Å². The predicted molar refractivity (Wildman–Crippen MR) is 66.9 cm³/mol. The Morgan fingerprint density at radius 1 is 1.33 bits per heavy atom. The fourth-order valence-electron chi connectivity index (χ4n) is 2.41.